The molecule has 4 rings (SSSR count). The molecule has 4 aromatic rings. The van der Waals surface area contributed by atoms with Crippen molar-refractivity contribution in [1.82, 2.24) is 10.2 Å². The van der Waals surface area contributed by atoms with Gasteiger partial charge in [0, 0.05) is 16.5 Å². The van der Waals surface area contributed by atoms with Crippen LogP contribution in [0, 0.1) is 0 Å². The molecule has 0 saturated heterocycles. The van der Waals surface area contributed by atoms with E-state index in [1.165, 1.54) is 0 Å². The summed E-state index contributed by atoms with van der Waals surface area (Å²) in [5.41, 5.74) is 2.05. The Labute approximate surface area is 173 Å². The lowest BCUT2D eigenvalue weighted by Crippen LogP contribution is -2.12. The molecule has 0 aliphatic carbocycles. The first kappa shape index (κ1) is 19.8. The van der Waals surface area contributed by atoms with Gasteiger partial charge in [0.05, 0.1) is 12.7 Å². The predicted molar refractivity (Wildman–Crippen MR) is 110 cm³/mol. The van der Waals surface area contributed by atoms with Gasteiger partial charge in [-0.05, 0) is 39.0 Å². The first-order chi connectivity index (χ1) is 14.5. The van der Waals surface area contributed by atoms with E-state index in [4.69, 9.17) is 18.3 Å². The number of hydrogen-bond donors (Lipinski definition) is 0. The van der Waals surface area contributed by atoms with Gasteiger partial charge in [-0.3, -0.25) is 0 Å². The maximum atomic E-state index is 12.9. The zero-order valence-electron chi connectivity index (χ0n) is 17.0. The van der Waals surface area contributed by atoms with Crippen LogP contribution >= 0.6 is 0 Å². The van der Waals surface area contributed by atoms with E-state index in [2.05, 4.69) is 10.2 Å². The highest BCUT2D eigenvalue weighted by atomic mass is 16.6. The minimum absolute atomic E-state index is 0.0104. The lowest BCUT2D eigenvalue weighted by molar-refractivity contribution is 0.0231. The summed E-state index contributed by atoms with van der Waals surface area (Å²) in [5, 5.41) is 8.87. The van der Waals surface area contributed by atoms with E-state index in [1.54, 1.807) is 13.0 Å². The van der Waals surface area contributed by atoms with Gasteiger partial charge in [-0.2, -0.15) is 0 Å². The van der Waals surface area contributed by atoms with Crippen LogP contribution in [0.25, 0.3) is 22.4 Å². The minimum Gasteiger partial charge on any atom is -0.449 e. The SMILES string of the molecule is CC(C)OCc1c(C(=O)OC(C)c2nnc(-c3ccccc3)o2)oc2ccccc12. The maximum Gasteiger partial charge on any atom is 0.375 e. The normalized spacial score (nSPS) is 12.4. The summed E-state index contributed by atoms with van der Waals surface area (Å²) in [6, 6.07) is 16.8. The number of carbonyl (C=O) groups excluding carboxylic acids is 1. The quantitative estimate of drug-likeness (QED) is 0.384. The number of para-hydroxylation sites is 1. The Morgan fingerprint density at radius 3 is 2.47 bits per heavy atom. The fourth-order valence-electron chi connectivity index (χ4n) is 3.02. The number of aromatic nitrogens is 2. The highest BCUT2D eigenvalue weighted by molar-refractivity contribution is 5.96. The lowest BCUT2D eigenvalue weighted by atomic mass is 10.1. The molecule has 0 fully saturated rings. The molecule has 0 aliphatic heterocycles. The first-order valence-electron chi connectivity index (χ1n) is 9.74. The van der Waals surface area contributed by atoms with Gasteiger partial charge in [-0.25, -0.2) is 4.79 Å². The number of fused-ring (bicyclic) bond motifs is 1. The van der Waals surface area contributed by atoms with E-state index < -0.39 is 12.1 Å². The van der Waals surface area contributed by atoms with Crippen LogP contribution in [0.5, 0.6) is 0 Å². The van der Waals surface area contributed by atoms with Crippen LogP contribution in [-0.4, -0.2) is 22.3 Å². The molecule has 7 nitrogen and oxygen atoms in total. The number of rotatable bonds is 7. The van der Waals surface area contributed by atoms with Crippen LogP contribution in [-0.2, 0) is 16.1 Å². The number of ether oxygens (including phenoxy) is 2. The molecule has 30 heavy (non-hydrogen) atoms. The van der Waals surface area contributed by atoms with Crippen LogP contribution in [0.3, 0.4) is 0 Å². The maximum absolute atomic E-state index is 12.9. The number of furan rings is 1. The first-order valence-corrected chi connectivity index (χ1v) is 9.74. The van der Waals surface area contributed by atoms with E-state index in [1.807, 2.05) is 62.4 Å². The Bertz CT molecular complexity index is 1150. The fraction of sp³-hybridized carbons (Fsp3) is 0.261. The number of carbonyl (C=O) groups is 1. The van der Waals surface area contributed by atoms with Gasteiger partial charge >= 0.3 is 5.97 Å². The van der Waals surface area contributed by atoms with Crippen molar-refractivity contribution in [3.05, 3.63) is 71.8 Å². The van der Waals surface area contributed by atoms with E-state index in [0.717, 1.165) is 10.9 Å². The third-order valence-electron chi connectivity index (χ3n) is 4.54. The Hall–Kier alpha value is -3.45. The minimum atomic E-state index is -0.741. The second kappa shape index (κ2) is 8.51. The van der Waals surface area contributed by atoms with Crippen LogP contribution in [0.4, 0.5) is 0 Å². The van der Waals surface area contributed by atoms with Gasteiger partial charge < -0.3 is 18.3 Å². The predicted octanol–water partition coefficient (Wildman–Crippen LogP) is 5.33. The number of benzene rings is 2. The summed E-state index contributed by atoms with van der Waals surface area (Å²) >= 11 is 0. The third kappa shape index (κ3) is 4.11. The fourth-order valence-corrected chi connectivity index (χ4v) is 3.02. The van der Waals surface area contributed by atoms with Crippen molar-refractivity contribution in [2.45, 2.75) is 39.6 Å². The molecule has 0 bridgehead atoms. The van der Waals surface area contributed by atoms with E-state index >= 15 is 0 Å². The Morgan fingerprint density at radius 2 is 1.70 bits per heavy atom. The molecular formula is C23H22N2O5. The average molecular weight is 406 g/mol. The number of esters is 1. The standard InChI is InChI=1S/C23H22N2O5/c1-14(2)27-13-18-17-11-7-8-12-19(17)29-20(18)23(26)28-15(3)21-24-25-22(30-21)16-9-5-4-6-10-16/h4-12,14-15H,13H2,1-3H3. The van der Waals surface area contributed by atoms with Gasteiger partial charge in [0.15, 0.2) is 6.10 Å². The molecule has 2 aromatic heterocycles. The lowest BCUT2D eigenvalue weighted by Gasteiger charge is -2.10. The van der Waals surface area contributed by atoms with Crippen LogP contribution in [0.15, 0.2) is 63.4 Å². The van der Waals surface area contributed by atoms with Gasteiger partial charge in [-0.1, -0.05) is 36.4 Å². The molecule has 154 valence electrons. The zero-order chi connectivity index (χ0) is 21.1. The molecule has 0 spiro atoms. The van der Waals surface area contributed by atoms with Crippen LogP contribution in [0.2, 0.25) is 0 Å². The van der Waals surface area contributed by atoms with Gasteiger partial charge in [0.2, 0.25) is 11.7 Å². The van der Waals surface area contributed by atoms with Crippen LogP contribution in [0.1, 0.15) is 48.9 Å². The van der Waals surface area contributed by atoms with Gasteiger partial charge in [0.1, 0.15) is 5.58 Å². The van der Waals surface area contributed by atoms with Crippen LogP contribution < -0.4 is 0 Å². The van der Waals surface area contributed by atoms with Crippen molar-refractivity contribution < 1.29 is 23.1 Å². The Kier molecular flexibility index (Phi) is 5.63. The summed E-state index contributed by atoms with van der Waals surface area (Å²) in [6.45, 7) is 5.78. The van der Waals surface area contributed by atoms with Crippen molar-refractivity contribution in [1.29, 1.82) is 0 Å². The molecule has 0 amide bonds. The smallest absolute Gasteiger partial charge is 0.375 e. The second-order valence-electron chi connectivity index (χ2n) is 7.12. The van der Waals surface area contributed by atoms with Gasteiger partial charge in [-0.15, -0.1) is 10.2 Å². The molecular weight excluding hydrogens is 384 g/mol. The Morgan fingerprint density at radius 1 is 0.967 bits per heavy atom. The van der Waals surface area contributed by atoms with E-state index in [-0.39, 0.29) is 24.4 Å². The van der Waals surface area contributed by atoms with Crippen molar-refractivity contribution in [3.8, 4) is 11.5 Å². The molecule has 0 N–H and O–H groups in total. The largest absolute Gasteiger partial charge is 0.449 e. The molecule has 0 aliphatic rings. The Balaban J connectivity index is 1.56. The summed E-state index contributed by atoms with van der Waals surface area (Å²) in [4.78, 5) is 12.9. The molecule has 1 unspecified atom stereocenters. The van der Waals surface area contributed by atoms with E-state index in [9.17, 15) is 4.79 Å². The van der Waals surface area contributed by atoms with Crippen molar-refractivity contribution in [2.24, 2.45) is 0 Å². The highest BCUT2D eigenvalue weighted by Crippen LogP contribution is 2.29. The highest BCUT2D eigenvalue weighted by Gasteiger charge is 2.26. The molecule has 2 aromatic carbocycles. The van der Waals surface area contributed by atoms with Crippen molar-refractivity contribution in [2.75, 3.05) is 0 Å². The topological polar surface area (TPSA) is 87.6 Å². The van der Waals surface area contributed by atoms with Crippen molar-refractivity contribution in [3.63, 3.8) is 0 Å². The summed E-state index contributed by atoms with van der Waals surface area (Å²) < 4.78 is 22.7. The molecule has 7 heteroatoms. The molecule has 2 heterocycles. The molecule has 0 saturated carbocycles. The summed E-state index contributed by atoms with van der Waals surface area (Å²) in [5.74, 6) is 0.0774. The molecule has 1 atom stereocenters. The zero-order valence-corrected chi connectivity index (χ0v) is 17.0. The summed E-state index contributed by atoms with van der Waals surface area (Å²) in [7, 11) is 0. The third-order valence-corrected chi connectivity index (χ3v) is 4.54. The number of nitrogens with zero attached hydrogens (tertiary/aromatic N) is 2. The van der Waals surface area contributed by atoms with Crippen molar-refractivity contribution >= 4 is 16.9 Å². The monoisotopic (exact) mass is 406 g/mol. The van der Waals surface area contributed by atoms with E-state index in [0.29, 0.717) is 17.0 Å². The molecule has 0 radical (unpaired) electrons. The summed E-state index contributed by atoms with van der Waals surface area (Å²) in [6.07, 6.45) is -0.731. The number of hydrogen-bond acceptors (Lipinski definition) is 7. The van der Waals surface area contributed by atoms with Gasteiger partial charge in [0.25, 0.3) is 5.89 Å². The average Bonchev–Trinajstić information content (AvgIpc) is 3.38. The second-order valence-corrected chi connectivity index (χ2v) is 7.12.